The summed E-state index contributed by atoms with van der Waals surface area (Å²) in [6, 6.07) is 2.78. The third kappa shape index (κ3) is 2.63. The summed E-state index contributed by atoms with van der Waals surface area (Å²) in [7, 11) is 2.61. The number of nitro benzene ring substituents is 1. The lowest BCUT2D eigenvalue weighted by atomic mass is 10.1. The van der Waals surface area contributed by atoms with Crippen molar-refractivity contribution < 1.29 is 24.3 Å². The lowest BCUT2D eigenvalue weighted by Crippen LogP contribution is -2.06. The topological polar surface area (TPSA) is 98.9 Å². The summed E-state index contributed by atoms with van der Waals surface area (Å²) in [5, 5.41) is 19.6. The highest BCUT2D eigenvalue weighted by Crippen LogP contribution is 2.39. The summed E-state index contributed by atoms with van der Waals surface area (Å²) < 4.78 is 9.80. The van der Waals surface area contributed by atoms with Gasteiger partial charge in [0.25, 0.3) is 0 Å². The Morgan fingerprint density at radius 1 is 1.41 bits per heavy atom. The Morgan fingerprint density at radius 3 is 2.47 bits per heavy atom. The van der Waals surface area contributed by atoms with Crippen LogP contribution in [-0.4, -0.2) is 30.2 Å². The van der Waals surface area contributed by atoms with Crippen molar-refractivity contribution in [3.63, 3.8) is 0 Å². The van der Waals surface area contributed by atoms with E-state index in [1.807, 2.05) is 0 Å². The van der Waals surface area contributed by atoms with Crippen LogP contribution < -0.4 is 9.47 Å². The van der Waals surface area contributed by atoms with Crippen LogP contribution in [0.1, 0.15) is 5.56 Å². The zero-order chi connectivity index (χ0) is 13.0. The van der Waals surface area contributed by atoms with E-state index in [4.69, 9.17) is 14.6 Å². The normalized spacial score (nSPS) is 9.76. The van der Waals surface area contributed by atoms with Gasteiger partial charge in [0.1, 0.15) is 0 Å². The van der Waals surface area contributed by atoms with Crippen molar-refractivity contribution >= 4 is 11.7 Å². The highest BCUT2D eigenvalue weighted by molar-refractivity contribution is 5.74. The molecule has 0 aliphatic carbocycles. The molecule has 7 heteroatoms. The van der Waals surface area contributed by atoms with Gasteiger partial charge >= 0.3 is 11.7 Å². The number of aliphatic carboxylic acids is 1. The molecule has 0 amide bonds. The molecule has 0 saturated heterocycles. The minimum absolute atomic E-state index is 0.0696. The van der Waals surface area contributed by atoms with Gasteiger partial charge in [-0.05, 0) is 12.1 Å². The summed E-state index contributed by atoms with van der Waals surface area (Å²) in [5.74, 6) is -1.04. The molecule has 0 unspecified atom stereocenters. The molecule has 17 heavy (non-hydrogen) atoms. The molecular formula is C10H11NO6. The van der Waals surface area contributed by atoms with Gasteiger partial charge in [-0.25, -0.2) is 0 Å². The Balaban J connectivity index is 3.41. The molecule has 0 spiro atoms. The van der Waals surface area contributed by atoms with E-state index < -0.39 is 17.3 Å². The van der Waals surface area contributed by atoms with Crippen molar-refractivity contribution in [2.24, 2.45) is 0 Å². The van der Waals surface area contributed by atoms with Crippen molar-refractivity contribution in [1.29, 1.82) is 0 Å². The quantitative estimate of drug-likeness (QED) is 0.617. The molecule has 0 heterocycles. The second-order valence-electron chi connectivity index (χ2n) is 3.14. The van der Waals surface area contributed by atoms with Crippen molar-refractivity contribution in [3.8, 4) is 11.5 Å². The van der Waals surface area contributed by atoms with Crippen LogP contribution in [0.5, 0.6) is 11.5 Å². The third-order valence-electron chi connectivity index (χ3n) is 2.13. The molecule has 0 atom stereocenters. The van der Waals surface area contributed by atoms with Gasteiger partial charge in [-0.15, -0.1) is 0 Å². The summed E-state index contributed by atoms with van der Waals surface area (Å²) in [6.45, 7) is 0. The van der Waals surface area contributed by atoms with Gasteiger partial charge in [0, 0.05) is 5.56 Å². The van der Waals surface area contributed by atoms with E-state index in [0.717, 1.165) is 0 Å². The first-order valence-corrected chi connectivity index (χ1v) is 4.61. The number of benzene rings is 1. The van der Waals surface area contributed by atoms with E-state index in [9.17, 15) is 14.9 Å². The number of nitrogens with zero attached hydrogens (tertiary/aromatic N) is 1. The van der Waals surface area contributed by atoms with E-state index >= 15 is 0 Å². The molecule has 0 aromatic heterocycles. The Labute approximate surface area is 96.7 Å². The number of hydrogen-bond donors (Lipinski definition) is 1. The summed E-state index contributed by atoms with van der Waals surface area (Å²) in [4.78, 5) is 20.9. The van der Waals surface area contributed by atoms with Crippen molar-refractivity contribution in [2.45, 2.75) is 6.42 Å². The number of carboxylic acid groups (broad SMARTS) is 1. The first-order chi connectivity index (χ1) is 8.01. The van der Waals surface area contributed by atoms with Crippen molar-refractivity contribution in [3.05, 3.63) is 27.8 Å². The number of ether oxygens (including phenoxy) is 2. The van der Waals surface area contributed by atoms with Crippen LogP contribution in [0.3, 0.4) is 0 Å². The minimum atomic E-state index is -1.15. The first kappa shape index (κ1) is 12.8. The van der Waals surface area contributed by atoms with Gasteiger partial charge in [0.15, 0.2) is 5.75 Å². The van der Waals surface area contributed by atoms with E-state index in [1.54, 1.807) is 0 Å². The molecule has 1 aromatic carbocycles. The number of rotatable bonds is 5. The van der Waals surface area contributed by atoms with Crippen LogP contribution in [0.4, 0.5) is 5.69 Å². The Bertz CT molecular complexity index is 456. The van der Waals surface area contributed by atoms with Crippen LogP contribution in [-0.2, 0) is 11.2 Å². The van der Waals surface area contributed by atoms with Gasteiger partial charge in [0.2, 0.25) is 5.75 Å². The van der Waals surface area contributed by atoms with Gasteiger partial charge in [0.05, 0.1) is 25.6 Å². The van der Waals surface area contributed by atoms with Crippen LogP contribution in [0.15, 0.2) is 12.1 Å². The SMILES string of the molecule is COc1ccc(C[14C](=O)O)c([N+](=O)[O-])c1OC. The maximum atomic E-state index is 10.9. The smallest absolute Gasteiger partial charge is 0.318 e. The van der Waals surface area contributed by atoms with Crippen LogP contribution in [0.2, 0.25) is 0 Å². The van der Waals surface area contributed by atoms with Gasteiger partial charge in [-0.1, -0.05) is 0 Å². The Hall–Kier alpha value is -2.31. The number of methoxy groups -OCH3 is 2. The van der Waals surface area contributed by atoms with Crippen molar-refractivity contribution in [1.82, 2.24) is 0 Å². The Kier molecular flexibility index (Phi) is 3.86. The molecule has 0 radical (unpaired) electrons. The molecule has 7 nitrogen and oxygen atoms in total. The molecule has 0 saturated carbocycles. The van der Waals surface area contributed by atoms with Gasteiger partial charge in [-0.3, -0.25) is 14.9 Å². The maximum absolute atomic E-state index is 10.9. The van der Waals surface area contributed by atoms with Gasteiger partial charge in [-0.2, -0.15) is 0 Å². The summed E-state index contributed by atoms with van der Waals surface area (Å²) in [5.41, 5.74) is -0.311. The second-order valence-corrected chi connectivity index (χ2v) is 3.14. The molecule has 1 N–H and O–H groups in total. The fourth-order valence-electron chi connectivity index (χ4n) is 1.46. The van der Waals surface area contributed by atoms with Crippen LogP contribution in [0, 0.1) is 10.1 Å². The molecular weight excluding hydrogens is 232 g/mol. The van der Waals surface area contributed by atoms with E-state index in [2.05, 4.69) is 0 Å². The lowest BCUT2D eigenvalue weighted by molar-refractivity contribution is -0.386. The fraction of sp³-hybridized carbons (Fsp3) is 0.300. The van der Waals surface area contributed by atoms with Crippen molar-refractivity contribution in [2.75, 3.05) is 14.2 Å². The lowest BCUT2D eigenvalue weighted by Gasteiger charge is -2.09. The average Bonchev–Trinajstić information content (AvgIpc) is 2.26. The van der Waals surface area contributed by atoms with Crippen LogP contribution in [0.25, 0.3) is 0 Å². The zero-order valence-corrected chi connectivity index (χ0v) is 9.30. The Morgan fingerprint density at radius 2 is 2.06 bits per heavy atom. The predicted molar refractivity (Wildman–Crippen MR) is 57.5 cm³/mol. The summed E-state index contributed by atoms with van der Waals surface area (Å²) in [6.07, 6.45) is -0.448. The molecule has 0 aliphatic rings. The first-order valence-electron chi connectivity index (χ1n) is 4.61. The molecule has 1 aromatic rings. The molecule has 92 valence electrons. The highest BCUT2D eigenvalue weighted by atomic mass is 16.6. The number of hydrogen-bond acceptors (Lipinski definition) is 5. The predicted octanol–water partition coefficient (Wildman–Crippen LogP) is 1.24. The fourth-order valence-corrected chi connectivity index (χ4v) is 1.46. The standard InChI is InChI=1S/C10H11NO6/c1-16-7-4-3-6(5-8(12)13)9(11(14)15)10(7)17-2/h3-4H,5H2,1-2H3,(H,12,13)/i8+2. The summed E-state index contributed by atoms with van der Waals surface area (Å²) >= 11 is 0. The molecule has 0 fully saturated rings. The number of carboxylic acids is 1. The maximum Gasteiger partial charge on any atom is 0.318 e. The molecule has 1 rings (SSSR count). The zero-order valence-electron chi connectivity index (χ0n) is 9.30. The monoisotopic (exact) mass is 243 g/mol. The molecule has 0 bridgehead atoms. The molecule has 0 aliphatic heterocycles. The number of carbonyl (C=O) groups is 1. The largest absolute Gasteiger partial charge is 0.493 e. The van der Waals surface area contributed by atoms with Gasteiger partial charge < -0.3 is 14.6 Å². The van der Waals surface area contributed by atoms with E-state index in [0.29, 0.717) is 0 Å². The van der Waals surface area contributed by atoms with E-state index in [1.165, 1.54) is 26.4 Å². The van der Waals surface area contributed by atoms with Crippen LogP contribution >= 0.6 is 0 Å². The van der Waals surface area contributed by atoms with E-state index in [-0.39, 0.29) is 22.7 Å². The minimum Gasteiger partial charge on any atom is -0.493 e. The second kappa shape index (κ2) is 5.15. The average molecular weight is 243 g/mol. The highest BCUT2D eigenvalue weighted by Gasteiger charge is 2.25. The third-order valence-corrected chi connectivity index (χ3v) is 2.13. The number of nitro groups is 1.